The number of halogens is 1. The Hall–Kier alpha value is -2.59. The van der Waals surface area contributed by atoms with Gasteiger partial charge in [-0.15, -0.1) is 0 Å². The molecule has 0 bridgehead atoms. The van der Waals surface area contributed by atoms with Gasteiger partial charge in [0.05, 0.1) is 5.41 Å². The lowest BCUT2D eigenvalue weighted by Gasteiger charge is -2.67. The molecular weight excluding hydrogens is 652 g/mol. The number of ketones is 1. The number of carbonyl (C=O) groups is 3. The van der Waals surface area contributed by atoms with Crippen molar-refractivity contribution in [2.75, 3.05) is 0 Å². The molecule has 1 aromatic rings. The van der Waals surface area contributed by atoms with Crippen LogP contribution in [0.4, 0.5) is 0 Å². The van der Waals surface area contributed by atoms with Crippen molar-refractivity contribution in [2.24, 2.45) is 22.7 Å². The van der Waals surface area contributed by atoms with Crippen LogP contribution < -0.4 is 0 Å². The minimum Gasteiger partial charge on any atom is -0.459 e. The van der Waals surface area contributed by atoms with Crippen LogP contribution >= 0.6 is 15.9 Å². The van der Waals surface area contributed by atoms with Gasteiger partial charge in [0, 0.05) is 29.0 Å². The van der Waals surface area contributed by atoms with Crippen molar-refractivity contribution < 1.29 is 39.2 Å². The summed E-state index contributed by atoms with van der Waals surface area (Å²) in [4.78, 5) is 39.1. The zero-order valence-electron chi connectivity index (χ0n) is 27.6. The van der Waals surface area contributed by atoms with E-state index in [1.807, 2.05) is 51.1 Å². The highest BCUT2D eigenvalue weighted by molar-refractivity contribution is 9.10. The number of hydrogen-bond acceptors (Lipinski definition) is 8. The Balaban J connectivity index is 1.44. The molecule has 4 aliphatic rings. The fourth-order valence-corrected chi connectivity index (χ4v) is 9.38. The highest BCUT2D eigenvalue weighted by atomic mass is 79.9. The molecule has 9 heteroatoms. The van der Waals surface area contributed by atoms with Gasteiger partial charge in [0.2, 0.25) is 0 Å². The van der Waals surface area contributed by atoms with Gasteiger partial charge in [-0.2, -0.15) is 0 Å². The van der Waals surface area contributed by atoms with Gasteiger partial charge in [-0.25, -0.2) is 9.59 Å². The summed E-state index contributed by atoms with van der Waals surface area (Å²) in [5.41, 5.74) is -5.15. The zero-order valence-corrected chi connectivity index (χ0v) is 29.2. The van der Waals surface area contributed by atoms with E-state index in [2.05, 4.69) is 22.9 Å². The average molecular weight is 700 g/mol. The van der Waals surface area contributed by atoms with Crippen LogP contribution in [0.3, 0.4) is 0 Å². The summed E-state index contributed by atoms with van der Waals surface area (Å²) >= 11 is 3.43. The first-order valence-electron chi connectivity index (χ1n) is 16.3. The number of carbonyl (C=O) groups excluding carboxylic acids is 3. The molecule has 0 saturated heterocycles. The highest BCUT2D eigenvalue weighted by Gasteiger charge is 2.81. The quantitative estimate of drug-likeness (QED) is 0.179. The molecule has 0 spiro atoms. The number of esters is 2. The number of fused-ring (bicyclic) bond motifs is 5. The lowest BCUT2D eigenvalue weighted by atomic mass is 9.42. The molecule has 3 saturated carbocycles. The second-order valence-electron chi connectivity index (χ2n) is 14.7. The fraction of sp³-hybridized carbons (Fsp3) is 0.595. The van der Waals surface area contributed by atoms with Crippen LogP contribution in [0.1, 0.15) is 92.1 Å². The van der Waals surface area contributed by atoms with E-state index in [1.165, 1.54) is 19.1 Å². The van der Waals surface area contributed by atoms with E-state index in [0.29, 0.717) is 19.3 Å². The number of allylic oxidation sites excluding steroid dienone is 1. The fourth-order valence-electron chi connectivity index (χ4n) is 8.96. The highest BCUT2D eigenvalue weighted by Crippen LogP contribution is 2.71. The van der Waals surface area contributed by atoms with Gasteiger partial charge < -0.3 is 24.8 Å². The molecular formula is C37H47BrO8. The van der Waals surface area contributed by atoms with E-state index >= 15 is 0 Å². The molecule has 8 nitrogen and oxygen atoms in total. The lowest BCUT2D eigenvalue weighted by Crippen LogP contribution is -2.78. The van der Waals surface area contributed by atoms with E-state index in [-0.39, 0.29) is 37.7 Å². The maximum atomic E-state index is 13.3. The predicted octanol–water partition coefficient (Wildman–Crippen LogP) is 6.01. The van der Waals surface area contributed by atoms with Crippen LogP contribution in [0.15, 0.2) is 58.1 Å². The van der Waals surface area contributed by atoms with E-state index in [4.69, 9.17) is 9.47 Å². The summed E-state index contributed by atoms with van der Waals surface area (Å²) in [7, 11) is 0. The molecule has 1 aromatic carbocycles. The summed E-state index contributed by atoms with van der Waals surface area (Å²) in [5.74, 6) is -2.00. The van der Waals surface area contributed by atoms with Gasteiger partial charge in [0.25, 0.3) is 0 Å². The number of ether oxygens (including phenoxy) is 2. The van der Waals surface area contributed by atoms with Crippen LogP contribution in [0.2, 0.25) is 0 Å². The van der Waals surface area contributed by atoms with Crippen LogP contribution in [-0.2, 0) is 23.9 Å². The Kier molecular flexibility index (Phi) is 9.16. The molecule has 0 heterocycles. The van der Waals surface area contributed by atoms with Crippen molar-refractivity contribution in [1.82, 2.24) is 0 Å². The second kappa shape index (κ2) is 12.1. The number of rotatable bonds is 7. The maximum absolute atomic E-state index is 13.3. The Morgan fingerprint density at radius 2 is 1.74 bits per heavy atom. The van der Waals surface area contributed by atoms with Crippen molar-refractivity contribution in [2.45, 2.75) is 115 Å². The Labute approximate surface area is 280 Å². The van der Waals surface area contributed by atoms with Gasteiger partial charge in [0.15, 0.2) is 5.78 Å². The molecule has 0 aromatic heterocycles. The Morgan fingerprint density at radius 3 is 2.39 bits per heavy atom. The Morgan fingerprint density at radius 1 is 1.02 bits per heavy atom. The molecule has 8 atom stereocenters. The number of benzene rings is 1. The third kappa shape index (κ3) is 5.35. The van der Waals surface area contributed by atoms with E-state index < -0.39 is 57.4 Å². The van der Waals surface area contributed by atoms with Gasteiger partial charge in [0.1, 0.15) is 29.0 Å². The van der Waals surface area contributed by atoms with Crippen LogP contribution in [-0.4, -0.2) is 62.1 Å². The third-order valence-electron chi connectivity index (χ3n) is 12.2. The smallest absolute Gasteiger partial charge is 0.331 e. The van der Waals surface area contributed by atoms with Crippen molar-refractivity contribution in [1.29, 1.82) is 0 Å². The lowest BCUT2D eigenvalue weighted by molar-refractivity contribution is -0.314. The summed E-state index contributed by atoms with van der Waals surface area (Å²) in [5, 5.41) is 37.1. The molecule has 5 rings (SSSR count). The van der Waals surface area contributed by atoms with Crippen LogP contribution in [0, 0.1) is 22.7 Å². The van der Waals surface area contributed by atoms with Gasteiger partial charge in [-0.1, -0.05) is 66.1 Å². The zero-order chi connectivity index (χ0) is 33.9. The first kappa shape index (κ1) is 34.7. The molecule has 0 amide bonds. The minimum absolute atomic E-state index is 0.0225. The topological polar surface area (TPSA) is 130 Å². The largest absolute Gasteiger partial charge is 0.459 e. The summed E-state index contributed by atoms with van der Waals surface area (Å²) in [6.45, 7) is 10.7. The van der Waals surface area contributed by atoms with Crippen molar-refractivity contribution in [3.63, 3.8) is 0 Å². The second-order valence-corrected chi connectivity index (χ2v) is 15.6. The monoisotopic (exact) mass is 698 g/mol. The van der Waals surface area contributed by atoms with E-state index in [9.17, 15) is 29.7 Å². The number of Topliss-reactive ketones (excluding diaryl/α,β-unsaturated/α-hetero) is 1. The average Bonchev–Trinajstić information content (AvgIpc) is 3.22. The van der Waals surface area contributed by atoms with Crippen molar-refractivity contribution in [3.8, 4) is 0 Å². The molecule has 3 N–H and O–H groups in total. The molecule has 0 aliphatic heterocycles. The number of aliphatic hydroxyl groups is 3. The van der Waals surface area contributed by atoms with Crippen molar-refractivity contribution >= 4 is 39.7 Å². The maximum Gasteiger partial charge on any atom is 0.331 e. The van der Waals surface area contributed by atoms with Crippen LogP contribution in [0.5, 0.6) is 0 Å². The standard InChI is InChI=1S/C37H47BrO8/c1-22(2)23(3)18-32(41)46-30-21-29-33(5)14-13-28(45-31(40)11-10-25-8-7-9-27(38)19-25)20-26(33)12-15-36(29,43)37(44)17-16-35(42,24(4)39)34(30,37)6/h7-12,18-19,22,28-30,42-44H,13-17,20-21H2,1-6H3/b11-10+,23-18+/t28-,29+,30+,33-,34+,35+,36-,37+/m0/s1. The molecule has 250 valence electrons. The van der Waals surface area contributed by atoms with Crippen LogP contribution in [0.25, 0.3) is 6.08 Å². The summed E-state index contributed by atoms with van der Waals surface area (Å²) in [6.07, 6.45) is 6.86. The predicted molar refractivity (Wildman–Crippen MR) is 177 cm³/mol. The molecule has 4 aliphatic carbocycles. The summed E-state index contributed by atoms with van der Waals surface area (Å²) < 4.78 is 12.9. The molecule has 0 unspecified atom stereocenters. The van der Waals surface area contributed by atoms with E-state index in [1.54, 1.807) is 13.0 Å². The minimum atomic E-state index is -2.00. The summed E-state index contributed by atoms with van der Waals surface area (Å²) in [6, 6.07) is 7.60. The normalized spacial score (nSPS) is 38.9. The Bertz CT molecular complexity index is 1510. The van der Waals surface area contributed by atoms with Gasteiger partial charge in [-0.3, -0.25) is 4.79 Å². The molecule has 0 radical (unpaired) electrons. The van der Waals surface area contributed by atoms with Crippen molar-refractivity contribution in [3.05, 3.63) is 63.7 Å². The molecule has 46 heavy (non-hydrogen) atoms. The SMILES string of the molecule is CC(=O)[C@]1(O)CC[C@@]2(O)[C@]1(C)[C@H](OC(=O)/C=C(\C)C(C)C)C[C@@H]1[C@@]3(C)CC[C@H](OC(=O)/C=C/c4cccc(Br)c4)CC3=CC[C@]12O. The third-order valence-corrected chi connectivity index (χ3v) is 12.7. The molecule has 3 fully saturated rings. The van der Waals surface area contributed by atoms with Gasteiger partial charge in [-0.05, 0) is 94.4 Å². The first-order chi connectivity index (χ1) is 21.4. The first-order valence-corrected chi connectivity index (χ1v) is 17.1. The van der Waals surface area contributed by atoms with Gasteiger partial charge >= 0.3 is 11.9 Å². The number of hydrogen-bond donors (Lipinski definition) is 3. The van der Waals surface area contributed by atoms with E-state index in [0.717, 1.165) is 21.2 Å².